The van der Waals surface area contributed by atoms with E-state index in [1.807, 2.05) is 24.3 Å². The molecule has 0 aromatic heterocycles. The van der Waals surface area contributed by atoms with Crippen LogP contribution >= 0.6 is 23.2 Å². The fourth-order valence-electron chi connectivity index (χ4n) is 2.29. The van der Waals surface area contributed by atoms with Gasteiger partial charge in [-0.1, -0.05) is 47.5 Å². The summed E-state index contributed by atoms with van der Waals surface area (Å²) in [5.41, 5.74) is 1.68. The summed E-state index contributed by atoms with van der Waals surface area (Å²) in [6.45, 7) is 0. The van der Waals surface area contributed by atoms with Crippen molar-refractivity contribution >= 4 is 29.2 Å². The molecule has 2 aromatic carbocycles. The molecule has 0 bridgehead atoms. The minimum atomic E-state index is -1.28. The summed E-state index contributed by atoms with van der Waals surface area (Å²) in [6, 6.07) is 10.8. The number of fused-ring (bicyclic) bond motifs is 2. The number of benzene rings is 2. The molecule has 1 aliphatic heterocycles. The highest BCUT2D eigenvalue weighted by molar-refractivity contribution is 6.32. The molecule has 1 aliphatic rings. The first-order valence-electron chi connectivity index (χ1n) is 6.56. The van der Waals surface area contributed by atoms with Crippen molar-refractivity contribution in [2.24, 2.45) is 0 Å². The van der Waals surface area contributed by atoms with Gasteiger partial charge in [0.05, 0.1) is 17.2 Å². The number of ether oxygens (including phenoxy) is 3. The first kappa shape index (κ1) is 15.0. The van der Waals surface area contributed by atoms with E-state index in [1.54, 1.807) is 12.1 Å². The van der Waals surface area contributed by atoms with Gasteiger partial charge in [0.2, 0.25) is 0 Å². The Morgan fingerprint density at radius 3 is 2.00 bits per heavy atom. The van der Waals surface area contributed by atoms with Crippen LogP contribution in [-0.2, 0) is 16.0 Å². The molecule has 0 unspecified atom stereocenters. The number of methoxy groups -OCH3 is 1. The highest BCUT2D eigenvalue weighted by Gasteiger charge is 2.30. The second kappa shape index (κ2) is 6.07. The van der Waals surface area contributed by atoms with Crippen LogP contribution in [0, 0.1) is 0 Å². The predicted octanol–water partition coefficient (Wildman–Crippen LogP) is 3.85. The number of halogens is 2. The van der Waals surface area contributed by atoms with Gasteiger partial charge in [-0.3, -0.25) is 0 Å². The van der Waals surface area contributed by atoms with Gasteiger partial charge in [0.1, 0.15) is 11.5 Å². The lowest BCUT2D eigenvalue weighted by Gasteiger charge is -2.25. The third-order valence-electron chi connectivity index (χ3n) is 3.32. The van der Waals surface area contributed by atoms with Crippen LogP contribution in [0.15, 0.2) is 36.4 Å². The smallest absolute Gasteiger partial charge is 0.389 e. The van der Waals surface area contributed by atoms with Gasteiger partial charge >= 0.3 is 12.3 Å². The maximum Gasteiger partial charge on any atom is 0.389 e. The lowest BCUT2D eigenvalue weighted by molar-refractivity contribution is -0.162. The van der Waals surface area contributed by atoms with Crippen LogP contribution in [0.2, 0.25) is 10.0 Å². The normalized spacial score (nSPS) is 13.8. The molecule has 6 heteroatoms. The number of rotatable bonds is 1. The van der Waals surface area contributed by atoms with Crippen molar-refractivity contribution in [3.05, 3.63) is 57.6 Å². The lowest BCUT2D eigenvalue weighted by Crippen LogP contribution is -2.35. The number of carbonyl (C=O) groups excluding carboxylic acids is 1. The Bertz CT molecular complexity index is 677. The minimum absolute atomic E-state index is 0.403. The second-order valence-corrected chi connectivity index (χ2v) is 5.54. The molecule has 1 heterocycles. The fraction of sp³-hybridized carbons (Fsp3) is 0.188. The van der Waals surface area contributed by atoms with E-state index in [-0.39, 0.29) is 0 Å². The number of para-hydroxylation sites is 2. The summed E-state index contributed by atoms with van der Waals surface area (Å²) in [6.07, 6.45) is -0.748. The Hall–Kier alpha value is -1.91. The van der Waals surface area contributed by atoms with Crippen LogP contribution in [0.3, 0.4) is 0 Å². The summed E-state index contributed by atoms with van der Waals surface area (Å²) in [5.74, 6) is 0.147. The van der Waals surface area contributed by atoms with Crippen molar-refractivity contribution in [2.45, 2.75) is 12.7 Å². The molecule has 114 valence electrons. The maximum absolute atomic E-state index is 11.9. The predicted molar refractivity (Wildman–Crippen MR) is 82.8 cm³/mol. The Kier molecular flexibility index (Phi) is 4.14. The van der Waals surface area contributed by atoms with E-state index >= 15 is 0 Å². The quantitative estimate of drug-likeness (QED) is 0.740. The summed E-state index contributed by atoms with van der Waals surface area (Å²) in [4.78, 5) is 11.9. The summed E-state index contributed by atoms with van der Waals surface area (Å²) < 4.78 is 16.0. The molecular weight excluding hydrogens is 327 g/mol. The summed E-state index contributed by atoms with van der Waals surface area (Å²) in [5, 5.41) is 0.806. The van der Waals surface area contributed by atoms with Crippen LogP contribution in [0.25, 0.3) is 0 Å². The van der Waals surface area contributed by atoms with E-state index < -0.39 is 12.3 Å². The minimum Gasteiger partial charge on any atom is -0.463 e. The highest BCUT2D eigenvalue weighted by atomic mass is 35.5. The average molecular weight is 339 g/mol. The second-order valence-electron chi connectivity index (χ2n) is 4.72. The zero-order valence-electron chi connectivity index (χ0n) is 11.6. The van der Waals surface area contributed by atoms with Crippen molar-refractivity contribution in [1.29, 1.82) is 0 Å². The zero-order valence-corrected chi connectivity index (χ0v) is 13.1. The first-order valence-corrected chi connectivity index (χ1v) is 7.31. The van der Waals surface area contributed by atoms with E-state index in [4.69, 9.17) is 37.4 Å². The van der Waals surface area contributed by atoms with Gasteiger partial charge in [-0.05, 0) is 12.1 Å². The van der Waals surface area contributed by atoms with E-state index in [0.29, 0.717) is 28.0 Å². The monoisotopic (exact) mass is 338 g/mol. The molecule has 22 heavy (non-hydrogen) atoms. The largest absolute Gasteiger partial charge is 0.463 e. The molecule has 0 saturated heterocycles. The van der Waals surface area contributed by atoms with Crippen LogP contribution in [-0.4, -0.2) is 19.4 Å². The SMILES string of the molecule is COC(=O)C1Oc2c(Cl)cccc2Cc2cccc(Cl)c2O1. The number of esters is 1. The van der Waals surface area contributed by atoms with Crippen LogP contribution in [0.1, 0.15) is 11.1 Å². The van der Waals surface area contributed by atoms with E-state index in [1.165, 1.54) is 7.11 Å². The molecule has 0 atom stereocenters. The van der Waals surface area contributed by atoms with Crippen molar-refractivity contribution in [3.8, 4) is 11.5 Å². The molecule has 0 fully saturated rings. The molecule has 4 nitrogen and oxygen atoms in total. The van der Waals surface area contributed by atoms with Gasteiger partial charge in [0.15, 0.2) is 0 Å². The third kappa shape index (κ3) is 2.72. The average Bonchev–Trinajstić information content (AvgIpc) is 2.49. The fourth-order valence-corrected chi connectivity index (χ4v) is 2.76. The number of carbonyl (C=O) groups is 1. The van der Waals surface area contributed by atoms with Gasteiger partial charge in [-0.2, -0.15) is 0 Å². The zero-order chi connectivity index (χ0) is 15.7. The van der Waals surface area contributed by atoms with Crippen LogP contribution < -0.4 is 9.47 Å². The van der Waals surface area contributed by atoms with Crippen molar-refractivity contribution < 1.29 is 19.0 Å². The Morgan fingerprint density at radius 1 is 1.05 bits per heavy atom. The molecular formula is C16H12Cl2O4. The van der Waals surface area contributed by atoms with Gasteiger partial charge in [-0.25, -0.2) is 4.79 Å². The van der Waals surface area contributed by atoms with Gasteiger partial charge < -0.3 is 14.2 Å². The Labute approximate surface area is 137 Å². The van der Waals surface area contributed by atoms with Gasteiger partial charge in [0.25, 0.3) is 0 Å². The Morgan fingerprint density at radius 2 is 1.55 bits per heavy atom. The first-order chi connectivity index (χ1) is 10.6. The molecule has 2 aromatic rings. The van der Waals surface area contributed by atoms with Crippen molar-refractivity contribution in [3.63, 3.8) is 0 Å². The van der Waals surface area contributed by atoms with Crippen LogP contribution in [0.4, 0.5) is 0 Å². The molecule has 0 spiro atoms. The van der Waals surface area contributed by atoms with E-state index in [0.717, 1.165) is 11.1 Å². The van der Waals surface area contributed by atoms with Gasteiger partial charge in [-0.15, -0.1) is 0 Å². The molecule has 3 rings (SSSR count). The van der Waals surface area contributed by atoms with Gasteiger partial charge in [0, 0.05) is 17.5 Å². The summed E-state index contributed by atoms with van der Waals surface area (Å²) >= 11 is 12.4. The molecule has 0 radical (unpaired) electrons. The molecule has 0 aliphatic carbocycles. The van der Waals surface area contributed by atoms with Crippen LogP contribution in [0.5, 0.6) is 11.5 Å². The lowest BCUT2D eigenvalue weighted by atomic mass is 10.0. The highest BCUT2D eigenvalue weighted by Crippen LogP contribution is 2.38. The standard InChI is InChI=1S/C16H12Cl2O4/c1-20-15(19)16-21-13-9(4-2-6-11(13)17)8-10-5-3-7-12(18)14(10)22-16/h2-7,16H,8H2,1H3. The molecule has 0 N–H and O–H groups in total. The summed E-state index contributed by atoms with van der Waals surface area (Å²) in [7, 11) is 1.26. The van der Waals surface area contributed by atoms with Crippen molar-refractivity contribution in [1.82, 2.24) is 0 Å². The topological polar surface area (TPSA) is 44.8 Å². The van der Waals surface area contributed by atoms with E-state index in [9.17, 15) is 4.79 Å². The Balaban J connectivity index is 2.15. The van der Waals surface area contributed by atoms with E-state index in [2.05, 4.69) is 0 Å². The maximum atomic E-state index is 11.9. The molecule has 0 amide bonds. The number of hydrogen-bond acceptors (Lipinski definition) is 4. The van der Waals surface area contributed by atoms with Crippen molar-refractivity contribution in [2.75, 3.05) is 7.11 Å². The third-order valence-corrected chi connectivity index (χ3v) is 3.92. The number of hydrogen-bond donors (Lipinski definition) is 0. The molecule has 0 saturated carbocycles.